The van der Waals surface area contributed by atoms with E-state index >= 15 is 8.78 Å². The molecule has 14 heteroatoms. The van der Waals surface area contributed by atoms with Crippen molar-refractivity contribution >= 4 is 29.3 Å². The first-order chi connectivity index (χ1) is 16.7. The summed E-state index contributed by atoms with van der Waals surface area (Å²) in [6, 6.07) is 2.13. The largest absolute Gasteiger partial charge is 0.442 e. The van der Waals surface area contributed by atoms with Crippen molar-refractivity contribution in [2.45, 2.75) is 45.4 Å². The van der Waals surface area contributed by atoms with Gasteiger partial charge in [0.2, 0.25) is 11.8 Å². The number of aromatic nitrogens is 4. The summed E-state index contributed by atoms with van der Waals surface area (Å²) in [5.41, 5.74) is -0.111. The molecule has 2 aromatic rings. The Hall–Kier alpha value is -3.84. The van der Waals surface area contributed by atoms with Gasteiger partial charge in [-0.3, -0.25) is 14.5 Å². The third-order valence-corrected chi connectivity index (χ3v) is 5.84. The number of piperidine rings is 1. The van der Waals surface area contributed by atoms with E-state index in [0.29, 0.717) is 31.8 Å². The number of hydrogen-bond acceptors (Lipinski definition) is 8. The highest BCUT2D eigenvalue weighted by molar-refractivity contribution is 5.90. The molecule has 0 aliphatic carbocycles. The van der Waals surface area contributed by atoms with Crippen molar-refractivity contribution in [3.8, 4) is 0 Å². The summed E-state index contributed by atoms with van der Waals surface area (Å²) in [6.45, 7) is 3.83. The number of carbonyl (C=O) groups excluding carboxylic acids is 3. The Morgan fingerprint density at radius 2 is 1.77 bits per heavy atom. The average Bonchev–Trinajstić information content (AvgIpc) is 3.43. The predicted molar refractivity (Wildman–Crippen MR) is 118 cm³/mol. The fourth-order valence-corrected chi connectivity index (χ4v) is 4.11. The van der Waals surface area contributed by atoms with Crippen molar-refractivity contribution in [3.05, 3.63) is 29.6 Å². The van der Waals surface area contributed by atoms with Gasteiger partial charge in [0.15, 0.2) is 17.5 Å². The standard InChI is InChI=1S/C21H26F2N8O4/c1-12(32)24-9-16-11-30(21(34)35-16)15-7-17(22)20(18(23)8-15)29-5-3-14(4-6-29)31-27-19(26-28-31)10-25-13(2)33/h7-8,14,16H,3-6,9-11H2,1-2H3,(H,24,32)(H,25,33)/t16-/m0/s1. The number of nitrogens with one attached hydrogen (secondary N) is 2. The van der Waals surface area contributed by atoms with Gasteiger partial charge in [-0.2, -0.15) is 4.80 Å². The molecule has 2 saturated heterocycles. The van der Waals surface area contributed by atoms with Crippen LogP contribution in [0.4, 0.5) is 25.0 Å². The van der Waals surface area contributed by atoms with Crippen LogP contribution in [0.5, 0.6) is 0 Å². The Balaban J connectivity index is 1.39. The first-order valence-electron chi connectivity index (χ1n) is 11.2. The molecule has 0 bridgehead atoms. The van der Waals surface area contributed by atoms with E-state index in [4.69, 9.17) is 4.74 Å². The molecule has 1 aromatic carbocycles. The van der Waals surface area contributed by atoms with Crippen molar-refractivity contribution < 1.29 is 27.9 Å². The number of halogens is 2. The molecule has 2 aliphatic heterocycles. The molecule has 2 N–H and O–H groups in total. The Kier molecular flexibility index (Phi) is 7.07. The zero-order valence-corrected chi connectivity index (χ0v) is 19.3. The Labute approximate surface area is 199 Å². The molecule has 0 unspecified atom stereocenters. The van der Waals surface area contributed by atoms with E-state index in [-0.39, 0.29) is 48.9 Å². The van der Waals surface area contributed by atoms with Gasteiger partial charge >= 0.3 is 6.09 Å². The lowest BCUT2D eigenvalue weighted by Crippen LogP contribution is -2.36. The second-order valence-electron chi connectivity index (χ2n) is 8.47. The summed E-state index contributed by atoms with van der Waals surface area (Å²) in [4.78, 5) is 38.5. The van der Waals surface area contributed by atoms with Crippen LogP contribution in [0.2, 0.25) is 0 Å². The maximum atomic E-state index is 15.0. The number of hydrogen-bond donors (Lipinski definition) is 2. The van der Waals surface area contributed by atoms with Crippen LogP contribution >= 0.6 is 0 Å². The molecular formula is C21H26F2N8O4. The van der Waals surface area contributed by atoms with E-state index in [2.05, 4.69) is 26.0 Å². The molecule has 0 saturated carbocycles. The van der Waals surface area contributed by atoms with Crippen LogP contribution in [0.1, 0.15) is 38.6 Å². The maximum Gasteiger partial charge on any atom is 0.414 e. The molecular weight excluding hydrogens is 466 g/mol. The molecule has 3 heterocycles. The van der Waals surface area contributed by atoms with Crippen LogP contribution in [0.3, 0.4) is 0 Å². The molecule has 0 radical (unpaired) electrons. The Morgan fingerprint density at radius 1 is 1.11 bits per heavy atom. The third-order valence-electron chi connectivity index (χ3n) is 5.84. The summed E-state index contributed by atoms with van der Waals surface area (Å²) >= 11 is 0. The molecule has 1 aromatic heterocycles. The highest BCUT2D eigenvalue weighted by atomic mass is 19.1. The van der Waals surface area contributed by atoms with Crippen LogP contribution < -0.4 is 20.4 Å². The number of anilines is 2. The van der Waals surface area contributed by atoms with Gasteiger partial charge in [-0.25, -0.2) is 13.6 Å². The van der Waals surface area contributed by atoms with Crippen molar-refractivity contribution in [1.82, 2.24) is 30.8 Å². The number of benzene rings is 1. The van der Waals surface area contributed by atoms with Gasteiger partial charge in [0.1, 0.15) is 11.8 Å². The highest BCUT2D eigenvalue weighted by Crippen LogP contribution is 2.33. The fraction of sp³-hybridized carbons (Fsp3) is 0.524. The zero-order valence-electron chi connectivity index (χ0n) is 19.3. The van der Waals surface area contributed by atoms with Gasteiger partial charge in [-0.1, -0.05) is 0 Å². The minimum Gasteiger partial charge on any atom is -0.442 e. The highest BCUT2D eigenvalue weighted by Gasteiger charge is 2.34. The lowest BCUT2D eigenvalue weighted by atomic mass is 10.0. The van der Waals surface area contributed by atoms with Crippen LogP contribution in [-0.2, 0) is 20.9 Å². The Bertz CT molecular complexity index is 1100. The van der Waals surface area contributed by atoms with Crippen LogP contribution in [0.25, 0.3) is 0 Å². The number of tetrazole rings is 1. The van der Waals surface area contributed by atoms with Crippen molar-refractivity contribution in [2.24, 2.45) is 0 Å². The molecule has 4 rings (SSSR count). The van der Waals surface area contributed by atoms with E-state index in [1.54, 1.807) is 4.90 Å². The third kappa shape index (κ3) is 5.63. The van der Waals surface area contributed by atoms with Crippen LogP contribution in [0.15, 0.2) is 12.1 Å². The van der Waals surface area contributed by atoms with E-state index in [1.165, 1.54) is 18.6 Å². The summed E-state index contributed by atoms with van der Waals surface area (Å²) in [7, 11) is 0. The van der Waals surface area contributed by atoms with Crippen LogP contribution in [-0.4, -0.2) is 70.4 Å². The normalized spacial score (nSPS) is 18.5. The minimum absolute atomic E-state index is 0.0486. The molecule has 12 nitrogen and oxygen atoms in total. The summed E-state index contributed by atoms with van der Waals surface area (Å²) < 4.78 is 35.2. The van der Waals surface area contributed by atoms with Crippen LogP contribution in [0, 0.1) is 11.6 Å². The van der Waals surface area contributed by atoms with Gasteiger partial charge < -0.3 is 20.3 Å². The van der Waals surface area contributed by atoms with E-state index < -0.39 is 23.8 Å². The van der Waals surface area contributed by atoms with Crippen molar-refractivity contribution in [2.75, 3.05) is 36.0 Å². The van der Waals surface area contributed by atoms with Gasteiger partial charge in [0.05, 0.1) is 31.4 Å². The molecule has 188 valence electrons. The molecule has 2 fully saturated rings. The number of rotatable bonds is 7. The smallest absolute Gasteiger partial charge is 0.414 e. The number of ether oxygens (including phenoxy) is 1. The van der Waals surface area contributed by atoms with Crippen molar-refractivity contribution in [3.63, 3.8) is 0 Å². The van der Waals surface area contributed by atoms with E-state index in [0.717, 1.165) is 17.0 Å². The van der Waals surface area contributed by atoms with Gasteiger partial charge in [0.25, 0.3) is 0 Å². The SMILES string of the molecule is CC(=O)NCc1nnn(C2CCN(c3c(F)cc(N4C[C@H](CNC(C)=O)OC4=O)cc3F)CC2)n1. The lowest BCUT2D eigenvalue weighted by molar-refractivity contribution is -0.120. The number of carbonyl (C=O) groups is 3. The zero-order chi connectivity index (χ0) is 25.1. The maximum absolute atomic E-state index is 15.0. The lowest BCUT2D eigenvalue weighted by Gasteiger charge is -2.33. The van der Waals surface area contributed by atoms with E-state index in [1.807, 2.05) is 0 Å². The molecule has 35 heavy (non-hydrogen) atoms. The Morgan fingerprint density at radius 3 is 2.40 bits per heavy atom. The first kappa shape index (κ1) is 24.3. The monoisotopic (exact) mass is 492 g/mol. The quantitative estimate of drug-likeness (QED) is 0.582. The number of nitrogens with zero attached hydrogens (tertiary/aromatic N) is 6. The topological polar surface area (TPSA) is 135 Å². The average molecular weight is 492 g/mol. The number of cyclic esters (lactones) is 1. The molecule has 1 atom stereocenters. The molecule has 3 amide bonds. The molecule has 2 aliphatic rings. The summed E-state index contributed by atoms with van der Waals surface area (Å²) in [5.74, 6) is -1.65. The molecule has 0 spiro atoms. The van der Waals surface area contributed by atoms with Crippen molar-refractivity contribution in [1.29, 1.82) is 0 Å². The van der Waals surface area contributed by atoms with Gasteiger partial charge in [-0.05, 0) is 18.1 Å². The minimum atomic E-state index is -0.784. The predicted octanol–water partition coefficient (Wildman–Crippen LogP) is 0.890. The second-order valence-corrected chi connectivity index (χ2v) is 8.47. The van der Waals surface area contributed by atoms with E-state index in [9.17, 15) is 14.4 Å². The second kappa shape index (κ2) is 10.2. The number of amides is 3. The summed E-state index contributed by atoms with van der Waals surface area (Å²) in [6.07, 6.45) is -0.258. The fourth-order valence-electron chi connectivity index (χ4n) is 4.11. The van der Waals surface area contributed by atoms with Gasteiger partial charge in [-0.15, -0.1) is 10.2 Å². The summed E-state index contributed by atoms with van der Waals surface area (Å²) in [5, 5.41) is 17.4. The first-order valence-corrected chi connectivity index (χ1v) is 11.2. The van der Waals surface area contributed by atoms with Gasteiger partial charge in [0, 0.05) is 39.1 Å².